The highest BCUT2D eigenvalue weighted by Crippen LogP contribution is 2.31. The third-order valence-corrected chi connectivity index (χ3v) is 4.14. The summed E-state index contributed by atoms with van der Waals surface area (Å²) in [6.45, 7) is 4.60. The lowest BCUT2D eigenvalue weighted by Crippen LogP contribution is -2.16. The van der Waals surface area contributed by atoms with Crippen LogP contribution in [-0.2, 0) is 0 Å². The fourth-order valence-electron chi connectivity index (χ4n) is 1.96. The van der Waals surface area contributed by atoms with Gasteiger partial charge in [0.1, 0.15) is 16.6 Å². The molecule has 1 aliphatic rings. The first-order valence-corrected chi connectivity index (χ1v) is 7.76. The summed E-state index contributed by atoms with van der Waals surface area (Å²) >= 11 is 1.51. The number of nitrogens with zero attached hydrogens (tertiary/aromatic N) is 3. The topological polar surface area (TPSA) is 79.8 Å². The van der Waals surface area contributed by atoms with Crippen molar-refractivity contribution in [3.63, 3.8) is 0 Å². The Morgan fingerprint density at radius 1 is 1.38 bits per heavy atom. The van der Waals surface area contributed by atoms with Gasteiger partial charge in [0.15, 0.2) is 5.69 Å². The maximum absolute atomic E-state index is 12.4. The van der Waals surface area contributed by atoms with Crippen LogP contribution in [0.3, 0.4) is 0 Å². The summed E-state index contributed by atoms with van der Waals surface area (Å²) in [5.74, 6) is 1.62. The van der Waals surface area contributed by atoms with Gasteiger partial charge in [-0.1, -0.05) is 0 Å². The van der Waals surface area contributed by atoms with Crippen molar-refractivity contribution < 1.29 is 4.79 Å². The molecule has 7 heteroatoms. The number of aryl methyl sites for hydroxylation is 2. The van der Waals surface area contributed by atoms with Gasteiger partial charge in [-0.25, -0.2) is 15.0 Å². The molecule has 0 spiro atoms. The molecule has 0 aliphatic heterocycles. The predicted octanol–water partition coefficient (Wildman–Crippen LogP) is 2.62. The van der Waals surface area contributed by atoms with Crippen LogP contribution >= 0.6 is 11.3 Å². The van der Waals surface area contributed by atoms with Crippen molar-refractivity contribution in [2.45, 2.75) is 26.7 Å². The Bertz CT molecular complexity index is 665. The highest BCUT2D eigenvalue weighted by atomic mass is 32.1. The molecule has 0 unspecified atom stereocenters. The van der Waals surface area contributed by atoms with Gasteiger partial charge in [-0.05, 0) is 38.7 Å². The van der Waals surface area contributed by atoms with Crippen LogP contribution in [0.2, 0.25) is 0 Å². The van der Waals surface area contributed by atoms with E-state index in [4.69, 9.17) is 0 Å². The van der Waals surface area contributed by atoms with Crippen molar-refractivity contribution in [3.8, 4) is 0 Å². The van der Waals surface area contributed by atoms with E-state index in [0.29, 0.717) is 17.3 Å². The van der Waals surface area contributed by atoms with Gasteiger partial charge in [-0.2, -0.15) is 0 Å². The summed E-state index contributed by atoms with van der Waals surface area (Å²) in [4.78, 5) is 24.9. The number of thiazole rings is 1. The molecule has 110 valence electrons. The Morgan fingerprint density at radius 2 is 2.19 bits per heavy atom. The number of anilines is 2. The third kappa shape index (κ3) is 3.55. The molecule has 0 aromatic carbocycles. The highest BCUT2D eigenvalue weighted by Gasteiger charge is 2.23. The SMILES string of the molecule is Cc1nccc(NC(=O)c2nc(C)sc2NCC2CC2)n1. The van der Waals surface area contributed by atoms with Gasteiger partial charge >= 0.3 is 0 Å². The maximum Gasteiger partial charge on any atom is 0.278 e. The van der Waals surface area contributed by atoms with E-state index in [1.165, 1.54) is 24.2 Å². The Hall–Kier alpha value is -2.02. The monoisotopic (exact) mass is 303 g/mol. The van der Waals surface area contributed by atoms with Gasteiger partial charge in [-0.15, -0.1) is 11.3 Å². The van der Waals surface area contributed by atoms with Crippen LogP contribution in [0.15, 0.2) is 12.3 Å². The van der Waals surface area contributed by atoms with Gasteiger partial charge in [-0.3, -0.25) is 4.79 Å². The molecule has 2 heterocycles. The van der Waals surface area contributed by atoms with E-state index in [1.54, 1.807) is 19.2 Å². The zero-order chi connectivity index (χ0) is 14.8. The first-order chi connectivity index (χ1) is 10.1. The minimum absolute atomic E-state index is 0.240. The second-order valence-corrected chi connectivity index (χ2v) is 6.38. The lowest BCUT2D eigenvalue weighted by atomic mass is 10.3. The maximum atomic E-state index is 12.4. The predicted molar refractivity (Wildman–Crippen MR) is 82.8 cm³/mol. The average molecular weight is 303 g/mol. The quantitative estimate of drug-likeness (QED) is 0.887. The van der Waals surface area contributed by atoms with Gasteiger partial charge in [0.25, 0.3) is 5.91 Å². The van der Waals surface area contributed by atoms with E-state index in [2.05, 4.69) is 25.6 Å². The summed E-state index contributed by atoms with van der Waals surface area (Å²) in [5.41, 5.74) is 0.439. The largest absolute Gasteiger partial charge is 0.375 e. The molecule has 0 atom stereocenters. The number of rotatable bonds is 5. The van der Waals surface area contributed by atoms with Crippen molar-refractivity contribution in [2.75, 3.05) is 17.2 Å². The Labute approximate surface area is 127 Å². The smallest absolute Gasteiger partial charge is 0.278 e. The molecule has 0 saturated heterocycles. The normalized spacial score (nSPS) is 14.0. The number of carbonyl (C=O) groups is 1. The van der Waals surface area contributed by atoms with Crippen molar-refractivity contribution in [3.05, 3.63) is 28.8 Å². The first-order valence-electron chi connectivity index (χ1n) is 6.94. The second kappa shape index (κ2) is 5.77. The minimum atomic E-state index is -0.240. The van der Waals surface area contributed by atoms with E-state index in [0.717, 1.165) is 22.5 Å². The Kier molecular flexibility index (Phi) is 3.83. The van der Waals surface area contributed by atoms with Gasteiger partial charge in [0.05, 0.1) is 5.01 Å². The number of hydrogen-bond acceptors (Lipinski definition) is 6. The zero-order valence-electron chi connectivity index (χ0n) is 12.0. The summed E-state index contributed by atoms with van der Waals surface area (Å²) in [7, 11) is 0. The Balaban J connectivity index is 1.73. The zero-order valence-corrected chi connectivity index (χ0v) is 12.8. The van der Waals surface area contributed by atoms with Gasteiger partial charge < -0.3 is 10.6 Å². The summed E-state index contributed by atoms with van der Waals surface area (Å²) in [5, 5.41) is 7.82. The van der Waals surface area contributed by atoms with Crippen molar-refractivity contribution in [1.82, 2.24) is 15.0 Å². The molecule has 1 aliphatic carbocycles. The van der Waals surface area contributed by atoms with E-state index in [-0.39, 0.29) is 5.91 Å². The van der Waals surface area contributed by atoms with Crippen molar-refractivity contribution >= 4 is 28.1 Å². The van der Waals surface area contributed by atoms with E-state index >= 15 is 0 Å². The van der Waals surface area contributed by atoms with E-state index in [1.807, 2.05) is 6.92 Å². The standard InChI is InChI=1S/C14H17N5OS/c1-8-15-6-5-11(17-8)19-13(20)12-14(21-9(2)18-12)16-7-10-3-4-10/h5-6,10,16H,3-4,7H2,1-2H3,(H,15,17,19,20). The second-order valence-electron chi connectivity index (χ2n) is 5.18. The fourth-order valence-corrected chi connectivity index (χ4v) is 2.78. The molecule has 21 heavy (non-hydrogen) atoms. The molecular formula is C14H17N5OS. The molecule has 6 nitrogen and oxygen atoms in total. The van der Waals surface area contributed by atoms with Gasteiger partial charge in [0, 0.05) is 12.7 Å². The van der Waals surface area contributed by atoms with Crippen LogP contribution in [0.25, 0.3) is 0 Å². The third-order valence-electron chi connectivity index (χ3n) is 3.22. The van der Waals surface area contributed by atoms with E-state index < -0.39 is 0 Å². The van der Waals surface area contributed by atoms with Crippen molar-refractivity contribution in [1.29, 1.82) is 0 Å². The van der Waals surface area contributed by atoms with Crippen LogP contribution in [0.1, 0.15) is 34.2 Å². The molecule has 0 bridgehead atoms. The lowest BCUT2D eigenvalue weighted by Gasteiger charge is -2.06. The van der Waals surface area contributed by atoms with Crippen LogP contribution in [0.4, 0.5) is 10.8 Å². The number of aromatic nitrogens is 3. The highest BCUT2D eigenvalue weighted by molar-refractivity contribution is 7.16. The average Bonchev–Trinajstić information content (AvgIpc) is 3.19. The molecule has 1 fully saturated rings. The molecule has 3 rings (SSSR count). The summed E-state index contributed by atoms with van der Waals surface area (Å²) in [6.07, 6.45) is 4.16. The number of carbonyl (C=O) groups excluding carboxylic acids is 1. The molecule has 1 saturated carbocycles. The van der Waals surface area contributed by atoms with Crippen LogP contribution in [0.5, 0.6) is 0 Å². The van der Waals surface area contributed by atoms with E-state index in [9.17, 15) is 4.79 Å². The van der Waals surface area contributed by atoms with Crippen LogP contribution in [0, 0.1) is 19.8 Å². The fraction of sp³-hybridized carbons (Fsp3) is 0.429. The summed E-state index contributed by atoms with van der Waals surface area (Å²) < 4.78 is 0. The lowest BCUT2D eigenvalue weighted by molar-refractivity contribution is 0.102. The molecular weight excluding hydrogens is 286 g/mol. The number of hydrogen-bond donors (Lipinski definition) is 2. The van der Waals surface area contributed by atoms with Crippen molar-refractivity contribution in [2.24, 2.45) is 5.92 Å². The molecule has 2 aromatic rings. The van der Waals surface area contributed by atoms with Gasteiger partial charge in [0.2, 0.25) is 0 Å². The molecule has 2 N–H and O–H groups in total. The molecule has 1 amide bonds. The first kappa shape index (κ1) is 13.9. The van der Waals surface area contributed by atoms with Crippen LogP contribution < -0.4 is 10.6 Å². The number of nitrogens with one attached hydrogen (secondary N) is 2. The molecule has 2 aromatic heterocycles. The van der Waals surface area contributed by atoms with Crippen LogP contribution in [-0.4, -0.2) is 27.4 Å². The summed E-state index contributed by atoms with van der Waals surface area (Å²) in [6, 6.07) is 1.67. The minimum Gasteiger partial charge on any atom is -0.375 e. The Morgan fingerprint density at radius 3 is 2.90 bits per heavy atom. The molecule has 0 radical (unpaired) electrons. The number of amides is 1.